The van der Waals surface area contributed by atoms with E-state index >= 15 is 0 Å². The van der Waals surface area contributed by atoms with E-state index < -0.39 is 5.25 Å². The van der Waals surface area contributed by atoms with Gasteiger partial charge in [0.15, 0.2) is 11.0 Å². The summed E-state index contributed by atoms with van der Waals surface area (Å²) in [4.78, 5) is 26.6. The molecule has 3 rings (SSSR count). The van der Waals surface area contributed by atoms with E-state index in [0.29, 0.717) is 30.4 Å². The lowest BCUT2D eigenvalue weighted by atomic mass is 10.2. The molecule has 2 aromatic rings. The van der Waals surface area contributed by atoms with Crippen LogP contribution in [0.4, 0.5) is 10.1 Å². The summed E-state index contributed by atoms with van der Waals surface area (Å²) in [5.41, 5.74) is 0.543. The number of hydrogen-bond acceptors (Lipinski definition) is 5. The fourth-order valence-electron chi connectivity index (χ4n) is 3.21. The van der Waals surface area contributed by atoms with Crippen molar-refractivity contribution < 1.29 is 14.0 Å². The number of benzene rings is 1. The van der Waals surface area contributed by atoms with Gasteiger partial charge in [0, 0.05) is 25.2 Å². The molecule has 2 amide bonds. The average molecular weight is 420 g/mol. The predicted molar refractivity (Wildman–Crippen MR) is 110 cm³/mol. The maximum Gasteiger partial charge on any atom is 0.237 e. The van der Waals surface area contributed by atoms with Gasteiger partial charge in [-0.05, 0) is 51.0 Å². The van der Waals surface area contributed by atoms with E-state index in [1.165, 1.54) is 36.0 Å². The number of rotatable bonds is 7. The van der Waals surface area contributed by atoms with Gasteiger partial charge in [0.1, 0.15) is 5.82 Å². The lowest BCUT2D eigenvalue weighted by Gasteiger charge is -2.20. The molecular weight excluding hydrogens is 393 g/mol. The first-order valence-corrected chi connectivity index (χ1v) is 10.8. The first-order chi connectivity index (χ1) is 14.0. The number of amides is 2. The van der Waals surface area contributed by atoms with Crippen LogP contribution in [0.2, 0.25) is 0 Å². The predicted octanol–water partition coefficient (Wildman–Crippen LogP) is 3.46. The zero-order valence-corrected chi connectivity index (χ0v) is 17.5. The van der Waals surface area contributed by atoms with Gasteiger partial charge in [0.25, 0.3) is 0 Å². The van der Waals surface area contributed by atoms with Crippen molar-refractivity contribution in [1.82, 2.24) is 19.7 Å². The van der Waals surface area contributed by atoms with Crippen LogP contribution in [0.15, 0.2) is 29.4 Å². The first kappa shape index (κ1) is 21.3. The van der Waals surface area contributed by atoms with Crippen LogP contribution >= 0.6 is 11.8 Å². The molecule has 0 saturated carbocycles. The second kappa shape index (κ2) is 9.87. The largest absolute Gasteiger partial charge is 0.335 e. The Bertz CT molecular complexity index is 855. The van der Waals surface area contributed by atoms with Crippen molar-refractivity contribution in [3.63, 3.8) is 0 Å². The molecule has 1 saturated heterocycles. The van der Waals surface area contributed by atoms with Crippen LogP contribution in [-0.2, 0) is 22.7 Å². The van der Waals surface area contributed by atoms with E-state index in [1.807, 2.05) is 16.4 Å². The highest BCUT2D eigenvalue weighted by Crippen LogP contribution is 2.24. The van der Waals surface area contributed by atoms with Gasteiger partial charge < -0.3 is 14.8 Å². The molecule has 0 radical (unpaired) electrons. The third-order valence-corrected chi connectivity index (χ3v) is 5.96. The highest BCUT2D eigenvalue weighted by Gasteiger charge is 2.23. The van der Waals surface area contributed by atoms with Gasteiger partial charge in [0.05, 0.1) is 11.8 Å². The number of carbonyl (C=O) groups is 2. The number of carbonyl (C=O) groups excluding carboxylic acids is 2. The second-order valence-electron chi connectivity index (χ2n) is 7.03. The van der Waals surface area contributed by atoms with Crippen LogP contribution in [0.1, 0.15) is 45.4 Å². The van der Waals surface area contributed by atoms with Crippen molar-refractivity contribution in [2.24, 2.45) is 0 Å². The molecule has 1 aromatic carbocycles. The molecule has 1 atom stereocenters. The van der Waals surface area contributed by atoms with Crippen molar-refractivity contribution in [1.29, 1.82) is 0 Å². The lowest BCUT2D eigenvalue weighted by Crippen LogP contribution is -2.31. The van der Waals surface area contributed by atoms with Crippen molar-refractivity contribution in [2.75, 3.05) is 11.9 Å². The lowest BCUT2D eigenvalue weighted by molar-refractivity contribution is -0.131. The zero-order chi connectivity index (χ0) is 20.8. The summed E-state index contributed by atoms with van der Waals surface area (Å²) < 4.78 is 15.0. The first-order valence-electron chi connectivity index (χ1n) is 9.91. The summed E-state index contributed by atoms with van der Waals surface area (Å²) >= 11 is 1.31. The van der Waals surface area contributed by atoms with Gasteiger partial charge in [-0.15, -0.1) is 10.2 Å². The monoisotopic (exact) mass is 419 g/mol. The van der Waals surface area contributed by atoms with Crippen LogP contribution in [0.5, 0.6) is 0 Å². The number of likely N-dealkylation sites (tertiary alicyclic amines) is 1. The third-order valence-electron chi connectivity index (χ3n) is 4.88. The molecule has 9 heteroatoms. The summed E-state index contributed by atoms with van der Waals surface area (Å²) in [6.07, 6.45) is 3.61. The fourth-order valence-corrected chi connectivity index (χ4v) is 4.14. The summed E-state index contributed by atoms with van der Waals surface area (Å²) in [5.74, 6) is 0.346. The Morgan fingerprint density at radius 2 is 2.00 bits per heavy atom. The molecule has 0 aliphatic carbocycles. The highest BCUT2D eigenvalue weighted by molar-refractivity contribution is 8.00. The Morgan fingerprint density at radius 1 is 1.24 bits per heavy atom. The van der Waals surface area contributed by atoms with E-state index in [0.717, 1.165) is 31.6 Å². The van der Waals surface area contributed by atoms with E-state index in [-0.39, 0.29) is 17.6 Å². The maximum atomic E-state index is 13.0. The Labute approximate surface area is 174 Å². The topological polar surface area (TPSA) is 80.1 Å². The minimum atomic E-state index is -0.415. The molecule has 0 bridgehead atoms. The van der Waals surface area contributed by atoms with Crippen LogP contribution in [0.25, 0.3) is 0 Å². The van der Waals surface area contributed by atoms with Gasteiger partial charge in [-0.25, -0.2) is 4.39 Å². The SMILES string of the molecule is CCn1c(CN2CCCCCC2=O)nnc1S[C@H](C)C(=O)Nc1ccc(F)cc1. The van der Waals surface area contributed by atoms with E-state index in [2.05, 4.69) is 15.5 Å². The standard InChI is InChI=1S/C20H26FN5O2S/c1-3-26-17(13-25-12-6-4-5-7-18(25)27)23-24-20(26)29-14(2)19(28)22-16-10-8-15(21)9-11-16/h8-11,14H,3-7,12-13H2,1-2H3,(H,22,28)/t14-/m1/s1. The van der Waals surface area contributed by atoms with Crippen molar-refractivity contribution in [3.05, 3.63) is 35.9 Å². The number of halogens is 1. The molecule has 29 heavy (non-hydrogen) atoms. The Hall–Kier alpha value is -2.42. The number of nitrogens with one attached hydrogen (secondary N) is 1. The molecule has 1 aromatic heterocycles. The Balaban J connectivity index is 1.65. The Morgan fingerprint density at radius 3 is 2.72 bits per heavy atom. The van der Waals surface area contributed by atoms with Gasteiger partial charge >= 0.3 is 0 Å². The normalized spacial score (nSPS) is 15.8. The summed E-state index contributed by atoms with van der Waals surface area (Å²) in [5, 5.41) is 11.5. The van der Waals surface area contributed by atoms with Crippen LogP contribution < -0.4 is 5.32 Å². The second-order valence-corrected chi connectivity index (χ2v) is 8.33. The van der Waals surface area contributed by atoms with Gasteiger partial charge in [-0.3, -0.25) is 9.59 Å². The number of aromatic nitrogens is 3. The number of hydrogen-bond donors (Lipinski definition) is 1. The Kier molecular flexibility index (Phi) is 7.24. The van der Waals surface area contributed by atoms with E-state index in [1.54, 1.807) is 6.92 Å². The van der Waals surface area contributed by atoms with E-state index in [9.17, 15) is 14.0 Å². The van der Waals surface area contributed by atoms with Crippen LogP contribution in [-0.4, -0.2) is 43.3 Å². The number of nitrogens with zero attached hydrogens (tertiary/aromatic N) is 4. The van der Waals surface area contributed by atoms with Crippen molar-refractivity contribution in [2.45, 2.75) is 63.0 Å². The minimum Gasteiger partial charge on any atom is -0.335 e. The quantitative estimate of drug-likeness (QED) is 0.695. The van der Waals surface area contributed by atoms with Gasteiger partial charge in [0.2, 0.25) is 11.8 Å². The molecule has 7 nitrogen and oxygen atoms in total. The highest BCUT2D eigenvalue weighted by atomic mass is 32.2. The van der Waals surface area contributed by atoms with Gasteiger partial charge in [-0.2, -0.15) is 0 Å². The molecule has 0 unspecified atom stereocenters. The summed E-state index contributed by atoms with van der Waals surface area (Å²) in [7, 11) is 0. The molecule has 1 fully saturated rings. The molecule has 2 heterocycles. The molecule has 156 valence electrons. The molecule has 1 aliphatic heterocycles. The molecule has 1 N–H and O–H groups in total. The molecular formula is C20H26FN5O2S. The number of thioether (sulfide) groups is 1. The van der Waals surface area contributed by atoms with Crippen molar-refractivity contribution >= 4 is 29.3 Å². The summed E-state index contributed by atoms with van der Waals surface area (Å²) in [6, 6.07) is 5.65. The number of anilines is 1. The van der Waals surface area contributed by atoms with Crippen molar-refractivity contribution in [3.8, 4) is 0 Å². The minimum absolute atomic E-state index is 0.161. The zero-order valence-electron chi connectivity index (χ0n) is 16.7. The average Bonchev–Trinajstić information content (AvgIpc) is 2.96. The van der Waals surface area contributed by atoms with Gasteiger partial charge in [-0.1, -0.05) is 18.2 Å². The van der Waals surface area contributed by atoms with Crippen LogP contribution in [0.3, 0.4) is 0 Å². The maximum absolute atomic E-state index is 13.0. The smallest absolute Gasteiger partial charge is 0.237 e. The molecule has 1 aliphatic rings. The third kappa shape index (κ3) is 5.56. The van der Waals surface area contributed by atoms with E-state index in [4.69, 9.17) is 0 Å². The summed E-state index contributed by atoms with van der Waals surface area (Å²) in [6.45, 7) is 5.62. The van der Waals surface area contributed by atoms with Crippen LogP contribution in [0, 0.1) is 5.82 Å². The fraction of sp³-hybridized carbons (Fsp3) is 0.500. The molecule has 0 spiro atoms.